The van der Waals surface area contributed by atoms with E-state index in [0.29, 0.717) is 22.6 Å². The minimum Gasteiger partial charge on any atom is -0.507 e. The van der Waals surface area contributed by atoms with Crippen molar-refractivity contribution in [1.29, 1.82) is 0 Å². The Morgan fingerprint density at radius 3 is 3.00 bits per heavy atom. The van der Waals surface area contributed by atoms with E-state index in [1.54, 1.807) is 30.3 Å². The van der Waals surface area contributed by atoms with Crippen LogP contribution in [0.5, 0.6) is 11.5 Å². The number of amides is 2. The first kappa shape index (κ1) is 15.5. The van der Waals surface area contributed by atoms with E-state index in [1.165, 1.54) is 19.4 Å². The molecule has 0 aliphatic carbocycles. The molecule has 0 unspecified atom stereocenters. The molecule has 0 spiro atoms. The van der Waals surface area contributed by atoms with Crippen LogP contribution >= 0.6 is 0 Å². The van der Waals surface area contributed by atoms with Gasteiger partial charge in [0.1, 0.15) is 11.5 Å². The standard InChI is InChI=1S/C17H15N3O4/c1-24-12-5-6-14(21)11(7-12)9-18-20-17(23)13-4-2-3-10-8-15(22)19-16(10)13/h2-7,9,21H,8H2,1H3,(H,19,22)(H,20,23)/b18-9+. The summed E-state index contributed by atoms with van der Waals surface area (Å²) < 4.78 is 5.07. The highest BCUT2D eigenvalue weighted by Crippen LogP contribution is 2.27. The van der Waals surface area contributed by atoms with Gasteiger partial charge in [-0.25, -0.2) is 5.43 Å². The molecule has 1 aliphatic rings. The van der Waals surface area contributed by atoms with Crippen molar-refractivity contribution in [3.05, 3.63) is 53.1 Å². The molecule has 0 saturated carbocycles. The van der Waals surface area contributed by atoms with E-state index in [4.69, 9.17) is 4.74 Å². The zero-order valence-electron chi connectivity index (χ0n) is 12.9. The van der Waals surface area contributed by atoms with Gasteiger partial charge in [-0.3, -0.25) is 9.59 Å². The number of hydrazone groups is 1. The Hall–Kier alpha value is -3.35. The highest BCUT2D eigenvalue weighted by atomic mass is 16.5. The van der Waals surface area contributed by atoms with E-state index in [2.05, 4.69) is 15.8 Å². The summed E-state index contributed by atoms with van der Waals surface area (Å²) >= 11 is 0. The van der Waals surface area contributed by atoms with Gasteiger partial charge in [0.2, 0.25) is 5.91 Å². The third kappa shape index (κ3) is 3.05. The molecule has 2 aromatic rings. The first-order valence-corrected chi connectivity index (χ1v) is 7.20. The Kier molecular flexibility index (Phi) is 4.15. The summed E-state index contributed by atoms with van der Waals surface area (Å²) in [6, 6.07) is 9.79. The van der Waals surface area contributed by atoms with Gasteiger partial charge in [-0.1, -0.05) is 12.1 Å². The fourth-order valence-corrected chi connectivity index (χ4v) is 2.42. The van der Waals surface area contributed by atoms with E-state index >= 15 is 0 Å². The second-order valence-corrected chi connectivity index (χ2v) is 5.19. The predicted octanol–water partition coefficient (Wildman–Crippen LogP) is 1.66. The highest BCUT2D eigenvalue weighted by molar-refractivity contribution is 6.08. The van der Waals surface area contributed by atoms with Crippen molar-refractivity contribution in [2.75, 3.05) is 12.4 Å². The molecule has 7 nitrogen and oxygen atoms in total. The fourth-order valence-electron chi connectivity index (χ4n) is 2.42. The number of phenolic OH excluding ortho intramolecular Hbond substituents is 1. The summed E-state index contributed by atoms with van der Waals surface area (Å²) in [6.07, 6.45) is 1.58. The molecular formula is C17H15N3O4. The molecule has 2 aromatic carbocycles. The molecule has 7 heteroatoms. The van der Waals surface area contributed by atoms with Crippen molar-refractivity contribution in [2.45, 2.75) is 6.42 Å². The summed E-state index contributed by atoms with van der Waals surface area (Å²) in [5, 5.41) is 16.3. The maximum atomic E-state index is 12.2. The molecule has 1 heterocycles. The van der Waals surface area contributed by atoms with Crippen LogP contribution in [0.4, 0.5) is 5.69 Å². The Balaban J connectivity index is 1.75. The molecule has 1 aliphatic heterocycles. The maximum absolute atomic E-state index is 12.2. The lowest BCUT2D eigenvalue weighted by Gasteiger charge is -2.06. The SMILES string of the molecule is COc1ccc(O)c(/C=N/NC(=O)c2cccc3c2NC(=O)C3)c1. The number of hydrogen-bond acceptors (Lipinski definition) is 5. The number of ether oxygens (including phenoxy) is 1. The maximum Gasteiger partial charge on any atom is 0.273 e. The first-order valence-electron chi connectivity index (χ1n) is 7.20. The van der Waals surface area contributed by atoms with Gasteiger partial charge in [-0.05, 0) is 29.8 Å². The predicted molar refractivity (Wildman–Crippen MR) is 88.5 cm³/mol. The number of phenols is 1. The fraction of sp³-hybridized carbons (Fsp3) is 0.118. The van der Waals surface area contributed by atoms with Gasteiger partial charge in [0.25, 0.3) is 5.91 Å². The molecule has 24 heavy (non-hydrogen) atoms. The van der Waals surface area contributed by atoms with Gasteiger partial charge in [0, 0.05) is 5.56 Å². The molecule has 3 N–H and O–H groups in total. The molecule has 122 valence electrons. The van der Waals surface area contributed by atoms with Crippen LogP contribution in [0, 0.1) is 0 Å². The quantitative estimate of drug-likeness (QED) is 0.588. The summed E-state index contributed by atoms with van der Waals surface area (Å²) in [5.74, 6) is -0.0198. The number of methoxy groups -OCH3 is 1. The molecule has 2 amide bonds. The van der Waals surface area contributed by atoms with E-state index in [0.717, 1.165) is 5.56 Å². The van der Waals surface area contributed by atoms with Crippen molar-refractivity contribution < 1.29 is 19.4 Å². The molecule has 0 saturated heterocycles. The molecular weight excluding hydrogens is 310 g/mol. The zero-order chi connectivity index (χ0) is 17.1. The van der Waals surface area contributed by atoms with Crippen molar-refractivity contribution in [3.63, 3.8) is 0 Å². The second-order valence-electron chi connectivity index (χ2n) is 5.19. The van der Waals surface area contributed by atoms with E-state index in [1.807, 2.05) is 0 Å². The van der Waals surface area contributed by atoms with Gasteiger partial charge in [0.15, 0.2) is 0 Å². The number of fused-ring (bicyclic) bond motifs is 1. The lowest BCUT2D eigenvalue weighted by molar-refractivity contribution is -0.115. The van der Waals surface area contributed by atoms with Crippen LogP contribution in [0.3, 0.4) is 0 Å². The molecule has 3 rings (SSSR count). The summed E-state index contributed by atoms with van der Waals surface area (Å²) in [4.78, 5) is 23.7. The van der Waals surface area contributed by atoms with E-state index in [-0.39, 0.29) is 18.1 Å². The van der Waals surface area contributed by atoms with Crippen LogP contribution in [0.15, 0.2) is 41.5 Å². The molecule has 0 radical (unpaired) electrons. The largest absolute Gasteiger partial charge is 0.507 e. The summed E-state index contributed by atoms with van der Waals surface area (Å²) in [5.41, 5.74) is 4.42. The topological polar surface area (TPSA) is 100 Å². The normalized spacial score (nSPS) is 12.8. The first-order chi connectivity index (χ1) is 11.6. The smallest absolute Gasteiger partial charge is 0.273 e. The Labute approximate surface area is 138 Å². The number of carbonyl (C=O) groups is 2. The van der Waals surface area contributed by atoms with Crippen LogP contribution in [0.1, 0.15) is 21.5 Å². The number of nitrogens with one attached hydrogen (secondary N) is 2. The van der Waals surface area contributed by atoms with Gasteiger partial charge in [0.05, 0.1) is 31.0 Å². The minimum absolute atomic E-state index is 0.0154. The van der Waals surface area contributed by atoms with Crippen LogP contribution in [0.25, 0.3) is 0 Å². The van der Waals surface area contributed by atoms with E-state index < -0.39 is 5.91 Å². The van der Waals surface area contributed by atoms with E-state index in [9.17, 15) is 14.7 Å². The monoisotopic (exact) mass is 325 g/mol. The number of hydrogen-bond donors (Lipinski definition) is 3. The summed E-state index contributed by atoms with van der Waals surface area (Å²) in [7, 11) is 1.51. The Morgan fingerprint density at radius 1 is 1.38 bits per heavy atom. The average molecular weight is 325 g/mol. The van der Waals surface area contributed by atoms with Crippen molar-refractivity contribution in [1.82, 2.24) is 5.43 Å². The molecule has 0 aromatic heterocycles. The van der Waals surface area contributed by atoms with Crippen LogP contribution in [-0.2, 0) is 11.2 Å². The Bertz CT molecular complexity index is 846. The summed E-state index contributed by atoms with van der Waals surface area (Å²) in [6.45, 7) is 0. The Morgan fingerprint density at radius 2 is 2.21 bits per heavy atom. The lowest BCUT2D eigenvalue weighted by Crippen LogP contribution is -2.19. The van der Waals surface area contributed by atoms with Crippen molar-refractivity contribution >= 4 is 23.7 Å². The average Bonchev–Trinajstić information content (AvgIpc) is 2.96. The number of anilines is 1. The molecule has 0 fully saturated rings. The highest BCUT2D eigenvalue weighted by Gasteiger charge is 2.23. The third-order valence-electron chi connectivity index (χ3n) is 3.62. The number of carbonyl (C=O) groups excluding carboxylic acids is 2. The zero-order valence-corrected chi connectivity index (χ0v) is 12.9. The minimum atomic E-state index is -0.451. The van der Waals surface area contributed by atoms with Crippen molar-refractivity contribution in [2.24, 2.45) is 5.10 Å². The third-order valence-corrected chi connectivity index (χ3v) is 3.62. The van der Waals surface area contributed by atoms with Crippen LogP contribution in [0.2, 0.25) is 0 Å². The van der Waals surface area contributed by atoms with Gasteiger partial charge in [-0.15, -0.1) is 0 Å². The van der Waals surface area contributed by atoms with Crippen molar-refractivity contribution in [3.8, 4) is 11.5 Å². The number of benzene rings is 2. The number of nitrogens with zero attached hydrogens (tertiary/aromatic N) is 1. The molecule has 0 atom stereocenters. The second kappa shape index (κ2) is 6.41. The number of aromatic hydroxyl groups is 1. The van der Waals surface area contributed by atoms with Crippen LogP contribution in [-0.4, -0.2) is 30.2 Å². The molecule has 0 bridgehead atoms. The lowest BCUT2D eigenvalue weighted by atomic mass is 10.1. The van der Waals surface area contributed by atoms with Crippen LogP contribution < -0.4 is 15.5 Å². The number of para-hydroxylation sites is 1. The van der Waals surface area contributed by atoms with Gasteiger partial charge >= 0.3 is 0 Å². The number of rotatable bonds is 4. The van der Waals surface area contributed by atoms with Gasteiger partial charge < -0.3 is 15.2 Å². The van der Waals surface area contributed by atoms with Gasteiger partial charge in [-0.2, -0.15) is 5.10 Å².